The highest BCUT2D eigenvalue weighted by molar-refractivity contribution is 5.97. The van der Waals surface area contributed by atoms with Crippen LogP contribution in [0, 0.1) is 23.2 Å². The van der Waals surface area contributed by atoms with Gasteiger partial charge in [0.25, 0.3) is 0 Å². The SMILES string of the molecule is CC(=O)C1C2CCC(C)(C)C(=O)C21. The van der Waals surface area contributed by atoms with Crippen LogP contribution in [0.3, 0.4) is 0 Å². The normalized spacial score (nSPS) is 41.2. The van der Waals surface area contributed by atoms with Crippen molar-refractivity contribution in [2.24, 2.45) is 23.2 Å². The molecule has 72 valence electrons. The lowest BCUT2D eigenvalue weighted by Crippen LogP contribution is -2.30. The van der Waals surface area contributed by atoms with E-state index in [0.717, 1.165) is 12.8 Å². The summed E-state index contributed by atoms with van der Waals surface area (Å²) >= 11 is 0. The first-order chi connectivity index (χ1) is 5.95. The second-order valence-corrected chi connectivity index (χ2v) is 5.11. The smallest absolute Gasteiger partial charge is 0.142 e. The van der Waals surface area contributed by atoms with Gasteiger partial charge in [-0.2, -0.15) is 0 Å². The Morgan fingerprint density at radius 1 is 1.46 bits per heavy atom. The summed E-state index contributed by atoms with van der Waals surface area (Å²) in [7, 11) is 0. The van der Waals surface area contributed by atoms with Crippen molar-refractivity contribution in [3.63, 3.8) is 0 Å². The Balaban J connectivity index is 2.18. The highest BCUT2D eigenvalue weighted by Gasteiger charge is 2.61. The number of carbonyl (C=O) groups is 2. The Morgan fingerprint density at radius 2 is 2.08 bits per heavy atom. The molecule has 0 amide bonds. The minimum absolute atomic E-state index is 0.0780. The molecular weight excluding hydrogens is 164 g/mol. The molecular formula is C11H16O2. The van der Waals surface area contributed by atoms with Crippen LogP contribution in [0.1, 0.15) is 33.6 Å². The predicted octanol–water partition coefficient (Wildman–Crippen LogP) is 1.83. The highest BCUT2D eigenvalue weighted by atomic mass is 16.1. The van der Waals surface area contributed by atoms with E-state index >= 15 is 0 Å². The Labute approximate surface area is 78.7 Å². The van der Waals surface area contributed by atoms with E-state index in [1.54, 1.807) is 6.92 Å². The number of hydrogen-bond acceptors (Lipinski definition) is 2. The maximum Gasteiger partial charge on any atom is 0.142 e. The van der Waals surface area contributed by atoms with E-state index in [9.17, 15) is 9.59 Å². The van der Waals surface area contributed by atoms with E-state index in [4.69, 9.17) is 0 Å². The number of Topliss-reactive ketones (excluding diaryl/α,β-unsaturated/α-hetero) is 2. The highest BCUT2D eigenvalue weighted by Crippen LogP contribution is 2.58. The van der Waals surface area contributed by atoms with Gasteiger partial charge in [-0.3, -0.25) is 9.59 Å². The second-order valence-electron chi connectivity index (χ2n) is 5.11. The molecule has 0 radical (unpaired) electrons. The molecule has 0 aromatic rings. The first kappa shape index (κ1) is 8.92. The standard InChI is InChI=1S/C11H16O2/c1-6(12)8-7-4-5-11(2,3)10(13)9(7)8/h7-9H,4-5H2,1-3H3. The van der Waals surface area contributed by atoms with Gasteiger partial charge in [0.05, 0.1) is 0 Å². The van der Waals surface area contributed by atoms with Gasteiger partial charge in [0.15, 0.2) is 0 Å². The van der Waals surface area contributed by atoms with Crippen LogP contribution in [-0.2, 0) is 9.59 Å². The van der Waals surface area contributed by atoms with Gasteiger partial charge in [-0.1, -0.05) is 13.8 Å². The van der Waals surface area contributed by atoms with Gasteiger partial charge in [0.1, 0.15) is 11.6 Å². The number of carbonyl (C=O) groups excluding carboxylic acids is 2. The first-order valence-electron chi connectivity index (χ1n) is 5.00. The van der Waals surface area contributed by atoms with Crippen molar-refractivity contribution in [1.29, 1.82) is 0 Å². The minimum atomic E-state index is -0.175. The van der Waals surface area contributed by atoms with E-state index in [-0.39, 0.29) is 23.0 Å². The number of hydrogen-bond donors (Lipinski definition) is 0. The van der Waals surface area contributed by atoms with Crippen LogP contribution in [0.25, 0.3) is 0 Å². The summed E-state index contributed by atoms with van der Waals surface area (Å²) in [5.74, 6) is 1.10. The molecule has 0 saturated heterocycles. The third kappa shape index (κ3) is 1.15. The van der Waals surface area contributed by atoms with Gasteiger partial charge < -0.3 is 0 Å². The fourth-order valence-corrected chi connectivity index (χ4v) is 2.75. The molecule has 0 aromatic carbocycles. The van der Waals surface area contributed by atoms with Crippen LogP contribution >= 0.6 is 0 Å². The van der Waals surface area contributed by atoms with Crippen molar-refractivity contribution in [3.8, 4) is 0 Å². The molecule has 2 aliphatic rings. The van der Waals surface area contributed by atoms with Crippen LogP contribution < -0.4 is 0 Å². The van der Waals surface area contributed by atoms with Gasteiger partial charge in [-0.15, -0.1) is 0 Å². The summed E-state index contributed by atoms with van der Waals surface area (Å²) in [4.78, 5) is 23.0. The lowest BCUT2D eigenvalue weighted by Gasteiger charge is -2.26. The molecule has 0 bridgehead atoms. The van der Waals surface area contributed by atoms with E-state index in [1.165, 1.54) is 0 Å². The zero-order valence-corrected chi connectivity index (χ0v) is 8.46. The Bertz CT molecular complexity index is 278. The van der Waals surface area contributed by atoms with Gasteiger partial charge in [0.2, 0.25) is 0 Å². The third-order valence-corrected chi connectivity index (χ3v) is 3.71. The molecule has 0 N–H and O–H groups in total. The van der Waals surface area contributed by atoms with Crippen molar-refractivity contribution in [1.82, 2.24) is 0 Å². The molecule has 3 unspecified atom stereocenters. The third-order valence-electron chi connectivity index (χ3n) is 3.71. The largest absolute Gasteiger partial charge is 0.300 e. The van der Waals surface area contributed by atoms with Crippen molar-refractivity contribution in [2.45, 2.75) is 33.6 Å². The second kappa shape index (κ2) is 2.43. The van der Waals surface area contributed by atoms with Gasteiger partial charge in [-0.05, 0) is 25.7 Å². The maximum absolute atomic E-state index is 11.9. The quantitative estimate of drug-likeness (QED) is 0.617. The van der Waals surface area contributed by atoms with Gasteiger partial charge in [0, 0.05) is 17.3 Å². The maximum atomic E-state index is 11.9. The zero-order chi connectivity index (χ0) is 9.80. The first-order valence-corrected chi connectivity index (χ1v) is 5.00. The molecule has 2 fully saturated rings. The Hall–Kier alpha value is -0.660. The van der Waals surface area contributed by atoms with Crippen LogP contribution in [0.5, 0.6) is 0 Å². The van der Waals surface area contributed by atoms with Gasteiger partial charge in [-0.25, -0.2) is 0 Å². The predicted molar refractivity (Wildman–Crippen MR) is 49.2 cm³/mol. The van der Waals surface area contributed by atoms with Crippen molar-refractivity contribution in [2.75, 3.05) is 0 Å². The molecule has 2 rings (SSSR count). The summed E-state index contributed by atoms with van der Waals surface area (Å²) in [5, 5.41) is 0. The number of ketones is 2. The Kier molecular flexibility index (Phi) is 1.67. The van der Waals surface area contributed by atoms with Crippen LogP contribution in [-0.4, -0.2) is 11.6 Å². The molecule has 2 saturated carbocycles. The fourth-order valence-electron chi connectivity index (χ4n) is 2.75. The monoisotopic (exact) mass is 180 g/mol. The van der Waals surface area contributed by atoms with Crippen LogP contribution in [0.4, 0.5) is 0 Å². The van der Waals surface area contributed by atoms with E-state index in [0.29, 0.717) is 11.7 Å². The Morgan fingerprint density at radius 3 is 2.62 bits per heavy atom. The van der Waals surface area contributed by atoms with Crippen molar-refractivity contribution in [3.05, 3.63) is 0 Å². The molecule has 0 aliphatic heterocycles. The van der Waals surface area contributed by atoms with Gasteiger partial charge >= 0.3 is 0 Å². The molecule has 3 atom stereocenters. The molecule has 0 spiro atoms. The molecule has 2 aliphatic carbocycles. The van der Waals surface area contributed by atoms with Crippen LogP contribution in [0.15, 0.2) is 0 Å². The zero-order valence-electron chi connectivity index (χ0n) is 8.46. The summed E-state index contributed by atoms with van der Waals surface area (Å²) in [6, 6.07) is 0. The summed E-state index contributed by atoms with van der Waals surface area (Å²) in [5.41, 5.74) is -0.175. The lowest BCUT2D eigenvalue weighted by atomic mass is 9.76. The van der Waals surface area contributed by atoms with Crippen molar-refractivity contribution >= 4 is 11.6 Å². The average molecular weight is 180 g/mol. The minimum Gasteiger partial charge on any atom is -0.300 e. The topological polar surface area (TPSA) is 34.1 Å². The summed E-state index contributed by atoms with van der Waals surface area (Å²) in [6.45, 7) is 5.62. The van der Waals surface area contributed by atoms with Crippen LogP contribution in [0.2, 0.25) is 0 Å². The molecule has 0 aromatic heterocycles. The van der Waals surface area contributed by atoms with E-state index in [1.807, 2.05) is 13.8 Å². The van der Waals surface area contributed by atoms with E-state index in [2.05, 4.69) is 0 Å². The van der Waals surface area contributed by atoms with Crippen molar-refractivity contribution < 1.29 is 9.59 Å². The molecule has 2 heteroatoms. The molecule has 2 nitrogen and oxygen atoms in total. The van der Waals surface area contributed by atoms with E-state index < -0.39 is 0 Å². The molecule has 13 heavy (non-hydrogen) atoms. The summed E-state index contributed by atoms with van der Waals surface area (Å²) in [6.07, 6.45) is 2.02. The molecule has 0 heterocycles. The fraction of sp³-hybridized carbons (Fsp3) is 0.818. The average Bonchev–Trinajstić information content (AvgIpc) is 2.72. The number of rotatable bonds is 1. The number of fused-ring (bicyclic) bond motifs is 1. The lowest BCUT2D eigenvalue weighted by molar-refractivity contribution is -0.131. The summed E-state index contributed by atoms with van der Waals surface area (Å²) < 4.78 is 0.